The number of Topliss-reactive ketones (excluding diaryl/α,β-unsaturated/α-hetero) is 1. The molecule has 0 radical (unpaired) electrons. The van der Waals surface area contributed by atoms with Gasteiger partial charge in [-0.25, -0.2) is 8.78 Å². The Morgan fingerprint density at radius 3 is 2.08 bits per heavy atom. The molecule has 0 bridgehead atoms. The SMILES string of the molecule is CC.CC1(C=O)CC1.CCCC1(CCC)CC(CCCOc2cc(F)c(C(=O)NCC(=O)C(C)(C)C)cc2F)C1. The van der Waals surface area contributed by atoms with E-state index in [2.05, 4.69) is 19.2 Å². The van der Waals surface area contributed by atoms with E-state index in [4.69, 9.17) is 4.74 Å². The first-order valence-electron chi connectivity index (χ1n) is 15.2. The highest BCUT2D eigenvalue weighted by Crippen LogP contribution is 2.53. The number of carbonyl (C=O) groups excluding carboxylic acids is 3. The maximum atomic E-state index is 14.4. The number of carbonyl (C=O) groups is 3. The van der Waals surface area contributed by atoms with Gasteiger partial charge in [-0.15, -0.1) is 0 Å². The highest BCUT2D eigenvalue weighted by molar-refractivity contribution is 5.97. The van der Waals surface area contributed by atoms with Gasteiger partial charge < -0.3 is 14.8 Å². The van der Waals surface area contributed by atoms with Crippen molar-refractivity contribution in [3.8, 4) is 5.75 Å². The van der Waals surface area contributed by atoms with Crippen LogP contribution in [-0.4, -0.2) is 31.1 Å². The first-order chi connectivity index (χ1) is 18.8. The van der Waals surface area contributed by atoms with Gasteiger partial charge in [0.15, 0.2) is 17.3 Å². The lowest BCUT2D eigenvalue weighted by Gasteiger charge is -2.48. The summed E-state index contributed by atoms with van der Waals surface area (Å²) in [5.41, 5.74) is -0.422. The minimum Gasteiger partial charge on any atom is -0.490 e. The highest BCUT2D eigenvalue weighted by atomic mass is 19.1. The number of aldehydes is 1. The summed E-state index contributed by atoms with van der Waals surface area (Å²) in [5, 5.41) is 2.36. The second-order valence-corrected chi connectivity index (χ2v) is 12.7. The minimum atomic E-state index is -0.870. The number of rotatable bonds is 13. The molecule has 0 spiro atoms. The molecular weight excluding hydrogens is 512 g/mol. The quantitative estimate of drug-likeness (QED) is 0.192. The van der Waals surface area contributed by atoms with E-state index in [1.807, 2.05) is 20.8 Å². The normalized spacial score (nSPS) is 16.8. The molecule has 7 heteroatoms. The van der Waals surface area contributed by atoms with Crippen LogP contribution in [0.3, 0.4) is 0 Å². The average molecular weight is 566 g/mol. The lowest BCUT2D eigenvalue weighted by atomic mass is 9.57. The van der Waals surface area contributed by atoms with Crippen LogP contribution in [0.2, 0.25) is 0 Å². The van der Waals surface area contributed by atoms with Gasteiger partial charge in [-0.3, -0.25) is 9.59 Å². The minimum absolute atomic E-state index is 0.111. The van der Waals surface area contributed by atoms with Crippen molar-refractivity contribution >= 4 is 18.0 Å². The number of nitrogens with one attached hydrogen (secondary N) is 1. The Labute approximate surface area is 241 Å². The average Bonchev–Trinajstić information content (AvgIpc) is 3.64. The molecule has 2 aliphatic rings. The molecule has 228 valence electrons. The van der Waals surface area contributed by atoms with E-state index < -0.39 is 28.5 Å². The number of hydrogen-bond acceptors (Lipinski definition) is 4. The van der Waals surface area contributed by atoms with Crippen LogP contribution in [0, 0.1) is 33.8 Å². The van der Waals surface area contributed by atoms with Crippen LogP contribution < -0.4 is 10.1 Å². The molecule has 0 aliphatic heterocycles. The molecule has 1 aromatic carbocycles. The van der Waals surface area contributed by atoms with Crippen molar-refractivity contribution < 1.29 is 27.9 Å². The van der Waals surface area contributed by atoms with Crippen molar-refractivity contribution in [2.45, 2.75) is 120 Å². The Kier molecular flexibility index (Phi) is 14.5. The predicted molar refractivity (Wildman–Crippen MR) is 158 cm³/mol. The monoisotopic (exact) mass is 565 g/mol. The van der Waals surface area contributed by atoms with Crippen molar-refractivity contribution in [3.63, 3.8) is 0 Å². The maximum absolute atomic E-state index is 14.4. The lowest BCUT2D eigenvalue weighted by Crippen LogP contribution is -2.37. The van der Waals surface area contributed by atoms with Crippen LogP contribution in [0.1, 0.15) is 130 Å². The lowest BCUT2D eigenvalue weighted by molar-refractivity contribution is -0.125. The van der Waals surface area contributed by atoms with Crippen LogP contribution >= 0.6 is 0 Å². The van der Waals surface area contributed by atoms with Gasteiger partial charge in [0.1, 0.15) is 12.1 Å². The van der Waals surface area contributed by atoms with E-state index in [1.54, 1.807) is 20.8 Å². The van der Waals surface area contributed by atoms with E-state index in [9.17, 15) is 23.2 Å². The summed E-state index contributed by atoms with van der Waals surface area (Å²) < 4.78 is 34.2. The van der Waals surface area contributed by atoms with E-state index in [0.29, 0.717) is 17.9 Å². The van der Waals surface area contributed by atoms with E-state index in [-0.39, 0.29) is 23.5 Å². The molecule has 5 nitrogen and oxygen atoms in total. The van der Waals surface area contributed by atoms with Crippen LogP contribution in [-0.2, 0) is 9.59 Å². The standard InChI is InChI=1S/C26H39F2NO3.C5H8O.C2H6/c1-6-10-26(11-7-2)15-18(16-26)9-8-12-32-22-14-20(27)19(13-21(22)28)24(31)29-17-23(30)25(3,4)5;1-5(4-6)2-3-5;1-2/h13-14,18H,6-12,15-17H2,1-5H3,(H,29,31);4H,2-3H2,1H3;1-2H3. The number of amides is 1. The summed E-state index contributed by atoms with van der Waals surface area (Å²) >= 11 is 0. The molecular formula is C33H53F2NO4. The second kappa shape index (κ2) is 16.2. The molecule has 0 saturated heterocycles. The predicted octanol–water partition coefficient (Wildman–Crippen LogP) is 8.48. The Morgan fingerprint density at radius 2 is 1.62 bits per heavy atom. The third-order valence-corrected chi connectivity index (χ3v) is 7.85. The Morgan fingerprint density at radius 1 is 1.05 bits per heavy atom. The van der Waals surface area contributed by atoms with Crippen molar-refractivity contribution in [2.75, 3.05) is 13.2 Å². The van der Waals surface area contributed by atoms with Crippen molar-refractivity contribution in [2.24, 2.45) is 22.2 Å². The smallest absolute Gasteiger partial charge is 0.254 e. The second-order valence-electron chi connectivity index (χ2n) is 12.7. The number of halogens is 2. The van der Waals surface area contributed by atoms with Crippen molar-refractivity contribution in [3.05, 3.63) is 29.3 Å². The topological polar surface area (TPSA) is 72.5 Å². The first-order valence-corrected chi connectivity index (χ1v) is 15.2. The molecule has 0 heterocycles. The third kappa shape index (κ3) is 11.3. The highest BCUT2D eigenvalue weighted by Gasteiger charge is 2.41. The van der Waals surface area contributed by atoms with Crippen LogP contribution in [0.5, 0.6) is 5.75 Å². The molecule has 0 atom stereocenters. The molecule has 40 heavy (non-hydrogen) atoms. The zero-order valence-corrected chi connectivity index (χ0v) is 26.2. The van der Waals surface area contributed by atoms with Crippen LogP contribution in [0.15, 0.2) is 12.1 Å². The number of ketones is 1. The van der Waals surface area contributed by atoms with Crippen molar-refractivity contribution in [1.29, 1.82) is 0 Å². The maximum Gasteiger partial charge on any atom is 0.254 e. The number of benzene rings is 1. The Hall–Kier alpha value is -2.31. The molecule has 2 aliphatic carbocycles. The summed E-state index contributed by atoms with van der Waals surface area (Å²) in [4.78, 5) is 34.0. The molecule has 0 aromatic heterocycles. The Balaban J connectivity index is 0.000000866. The van der Waals surface area contributed by atoms with Crippen LogP contribution in [0.25, 0.3) is 0 Å². The molecule has 2 saturated carbocycles. The number of hydrogen-bond donors (Lipinski definition) is 1. The fourth-order valence-corrected chi connectivity index (χ4v) is 5.17. The molecule has 0 unspecified atom stereocenters. The van der Waals surface area contributed by atoms with Gasteiger partial charge in [-0.2, -0.15) is 0 Å². The molecule has 1 amide bonds. The fraction of sp³-hybridized carbons (Fsp3) is 0.727. The van der Waals surface area contributed by atoms with Gasteiger partial charge in [0.05, 0.1) is 18.7 Å². The zero-order chi connectivity index (χ0) is 30.6. The fourth-order valence-electron chi connectivity index (χ4n) is 5.17. The first kappa shape index (κ1) is 35.7. The molecule has 1 N–H and O–H groups in total. The van der Waals surface area contributed by atoms with Gasteiger partial charge in [-0.05, 0) is 68.8 Å². The van der Waals surface area contributed by atoms with Gasteiger partial charge in [0, 0.05) is 16.9 Å². The summed E-state index contributed by atoms with van der Waals surface area (Å²) in [6.45, 7) is 15.7. The largest absolute Gasteiger partial charge is 0.490 e. The van der Waals surface area contributed by atoms with E-state index in [0.717, 1.165) is 44.1 Å². The van der Waals surface area contributed by atoms with Gasteiger partial charge in [0.25, 0.3) is 5.91 Å². The summed E-state index contributed by atoms with van der Waals surface area (Å²) in [7, 11) is 0. The van der Waals surface area contributed by atoms with E-state index >= 15 is 0 Å². The summed E-state index contributed by atoms with van der Waals surface area (Å²) in [6, 6.07) is 1.74. The molecule has 2 fully saturated rings. The van der Waals surface area contributed by atoms with Gasteiger partial charge in [-0.1, -0.05) is 68.2 Å². The Bertz CT molecular complexity index is 952. The van der Waals surface area contributed by atoms with Crippen molar-refractivity contribution in [1.82, 2.24) is 5.32 Å². The van der Waals surface area contributed by atoms with Gasteiger partial charge >= 0.3 is 0 Å². The summed E-state index contributed by atoms with van der Waals surface area (Å²) in [5.74, 6) is -2.17. The molecule has 1 aromatic rings. The molecule has 3 rings (SSSR count). The summed E-state index contributed by atoms with van der Waals surface area (Å²) in [6.07, 6.45) is 12.6. The van der Waals surface area contributed by atoms with Gasteiger partial charge in [0.2, 0.25) is 0 Å². The zero-order valence-electron chi connectivity index (χ0n) is 26.2. The van der Waals surface area contributed by atoms with E-state index in [1.165, 1.54) is 38.5 Å². The third-order valence-electron chi connectivity index (χ3n) is 7.85. The van der Waals surface area contributed by atoms with Crippen LogP contribution in [0.4, 0.5) is 8.78 Å². The number of ether oxygens (including phenoxy) is 1.